The van der Waals surface area contributed by atoms with Crippen molar-refractivity contribution in [1.29, 1.82) is 0 Å². The molecule has 1 aromatic heterocycles. The largest absolute Gasteiger partial charge is 0.361 e. The maximum atomic E-state index is 3.52. The zero-order valence-electron chi connectivity index (χ0n) is 15.5. The predicted octanol–water partition coefficient (Wildman–Crippen LogP) is 4.15. The van der Waals surface area contributed by atoms with E-state index in [1.807, 2.05) is 0 Å². The quantitative estimate of drug-likeness (QED) is 0.909. The van der Waals surface area contributed by atoms with E-state index >= 15 is 0 Å². The summed E-state index contributed by atoms with van der Waals surface area (Å²) in [6, 6.07) is 8.81. The molecule has 3 saturated heterocycles. The maximum Gasteiger partial charge on any atom is 0.0457 e. The second-order valence-corrected chi connectivity index (χ2v) is 8.65. The number of piperidine rings is 1. The Bertz CT molecular complexity index is 749. The second kappa shape index (κ2) is 6.44. The molecular weight excluding hydrogens is 306 g/mol. The van der Waals surface area contributed by atoms with E-state index < -0.39 is 0 Å². The summed E-state index contributed by atoms with van der Waals surface area (Å²) >= 11 is 0. The average Bonchev–Trinajstić information content (AvgIpc) is 3.35. The lowest BCUT2D eigenvalue weighted by Gasteiger charge is -2.35. The van der Waals surface area contributed by atoms with Crippen molar-refractivity contribution >= 4 is 10.9 Å². The molecule has 25 heavy (non-hydrogen) atoms. The molecule has 3 aliphatic rings. The molecule has 1 aromatic carbocycles. The minimum absolute atomic E-state index is 0.726. The maximum absolute atomic E-state index is 3.52. The number of H-pyrrole nitrogens is 1. The summed E-state index contributed by atoms with van der Waals surface area (Å²) < 4.78 is 0. The Kier molecular flexibility index (Phi) is 4.10. The van der Waals surface area contributed by atoms with Gasteiger partial charge in [0.15, 0.2) is 0 Å². The van der Waals surface area contributed by atoms with Crippen LogP contribution in [0.3, 0.4) is 0 Å². The molecule has 2 aromatic rings. The Labute approximate surface area is 151 Å². The van der Waals surface area contributed by atoms with E-state index in [1.54, 1.807) is 5.56 Å². The fourth-order valence-corrected chi connectivity index (χ4v) is 5.64. The fraction of sp³-hybridized carbons (Fsp3) is 0.636. The number of hydrogen-bond acceptors (Lipinski definition) is 2. The van der Waals surface area contributed by atoms with E-state index in [-0.39, 0.29) is 0 Å². The van der Waals surface area contributed by atoms with Crippen LogP contribution in [0.1, 0.15) is 55.6 Å². The van der Waals surface area contributed by atoms with Crippen LogP contribution in [-0.4, -0.2) is 53.5 Å². The van der Waals surface area contributed by atoms with Gasteiger partial charge in [0.05, 0.1) is 0 Å². The third kappa shape index (κ3) is 2.92. The highest BCUT2D eigenvalue weighted by Crippen LogP contribution is 2.37. The molecule has 0 bridgehead atoms. The van der Waals surface area contributed by atoms with Gasteiger partial charge in [-0.2, -0.15) is 0 Å². The molecule has 3 nitrogen and oxygen atoms in total. The van der Waals surface area contributed by atoms with Crippen LogP contribution in [0.4, 0.5) is 0 Å². The third-order valence-corrected chi connectivity index (χ3v) is 7.21. The van der Waals surface area contributed by atoms with E-state index in [0.29, 0.717) is 0 Å². The standard InChI is InChI=1S/C22H31N3/c1-24-9-2-4-19(24)13-18-15-23-22-7-6-16(14-21(18)22)17-8-11-25-10-3-5-20(25)12-17/h6-7,14-15,17,19-20,23H,2-5,8-13H2,1H3. The smallest absolute Gasteiger partial charge is 0.0457 e. The van der Waals surface area contributed by atoms with Crippen molar-refractivity contribution in [2.45, 2.75) is 62.9 Å². The number of likely N-dealkylation sites (tertiary alicyclic amines) is 1. The van der Waals surface area contributed by atoms with E-state index in [1.165, 1.54) is 81.0 Å². The van der Waals surface area contributed by atoms with Crippen LogP contribution in [0.15, 0.2) is 24.4 Å². The second-order valence-electron chi connectivity index (χ2n) is 8.65. The number of nitrogens with zero attached hydrogens (tertiary/aromatic N) is 2. The summed E-state index contributed by atoms with van der Waals surface area (Å²) in [4.78, 5) is 8.79. The zero-order valence-corrected chi connectivity index (χ0v) is 15.5. The molecule has 3 unspecified atom stereocenters. The summed E-state index contributed by atoms with van der Waals surface area (Å²) in [5.74, 6) is 0.764. The lowest BCUT2D eigenvalue weighted by molar-refractivity contribution is 0.181. The summed E-state index contributed by atoms with van der Waals surface area (Å²) in [6.07, 6.45) is 11.7. The Morgan fingerprint density at radius 3 is 2.88 bits per heavy atom. The van der Waals surface area contributed by atoms with Gasteiger partial charge in [-0.1, -0.05) is 6.07 Å². The predicted molar refractivity (Wildman–Crippen MR) is 104 cm³/mol. The highest BCUT2D eigenvalue weighted by atomic mass is 15.2. The highest BCUT2D eigenvalue weighted by molar-refractivity contribution is 5.84. The molecule has 0 spiro atoms. The van der Waals surface area contributed by atoms with Crippen molar-refractivity contribution < 1.29 is 0 Å². The fourth-order valence-electron chi connectivity index (χ4n) is 5.64. The molecule has 5 rings (SSSR count). The van der Waals surface area contributed by atoms with Gasteiger partial charge in [0, 0.05) is 29.2 Å². The molecule has 134 valence electrons. The van der Waals surface area contributed by atoms with Gasteiger partial charge < -0.3 is 14.8 Å². The van der Waals surface area contributed by atoms with Crippen LogP contribution < -0.4 is 0 Å². The topological polar surface area (TPSA) is 22.3 Å². The van der Waals surface area contributed by atoms with Crippen LogP contribution in [0, 0.1) is 0 Å². The van der Waals surface area contributed by atoms with Crippen LogP contribution in [0.25, 0.3) is 10.9 Å². The first kappa shape index (κ1) is 15.9. The summed E-state index contributed by atoms with van der Waals surface area (Å²) in [5.41, 5.74) is 4.42. The van der Waals surface area contributed by atoms with E-state index in [9.17, 15) is 0 Å². The van der Waals surface area contributed by atoms with Gasteiger partial charge in [-0.3, -0.25) is 0 Å². The molecule has 3 atom stereocenters. The molecule has 0 amide bonds. The molecule has 0 aliphatic carbocycles. The van der Waals surface area contributed by atoms with Gasteiger partial charge in [-0.05, 0) is 101 Å². The molecule has 0 radical (unpaired) electrons. The van der Waals surface area contributed by atoms with Crippen LogP contribution in [0.2, 0.25) is 0 Å². The van der Waals surface area contributed by atoms with Crippen molar-refractivity contribution in [2.24, 2.45) is 0 Å². The molecule has 3 heteroatoms. The van der Waals surface area contributed by atoms with Crippen molar-refractivity contribution in [2.75, 3.05) is 26.7 Å². The molecule has 3 aliphatic heterocycles. The minimum atomic E-state index is 0.726. The molecule has 3 fully saturated rings. The first-order valence-corrected chi connectivity index (χ1v) is 10.3. The first-order valence-electron chi connectivity index (χ1n) is 10.3. The van der Waals surface area contributed by atoms with E-state index in [0.717, 1.165) is 18.0 Å². The minimum Gasteiger partial charge on any atom is -0.361 e. The lowest BCUT2D eigenvalue weighted by Crippen LogP contribution is -2.37. The number of benzene rings is 1. The van der Waals surface area contributed by atoms with Gasteiger partial charge in [0.2, 0.25) is 0 Å². The Balaban J connectivity index is 1.40. The number of aromatic nitrogens is 1. The summed E-state index contributed by atoms with van der Waals surface area (Å²) in [5, 5.41) is 1.48. The Morgan fingerprint density at radius 1 is 1.08 bits per heavy atom. The van der Waals surface area contributed by atoms with Gasteiger partial charge in [-0.15, -0.1) is 0 Å². The monoisotopic (exact) mass is 337 g/mol. The zero-order chi connectivity index (χ0) is 16.8. The Hall–Kier alpha value is -1.32. The summed E-state index contributed by atoms with van der Waals surface area (Å²) in [6.45, 7) is 3.91. The highest BCUT2D eigenvalue weighted by Gasteiger charge is 2.32. The molecular formula is C22H31N3. The number of fused-ring (bicyclic) bond motifs is 2. The molecule has 0 saturated carbocycles. The summed E-state index contributed by atoms with van der Waals surface area (Å²) in [7, 11) is 2.29. The van der Waals surface area contributed by atoms with Crippen molar-refractivity contribution in [3.63, 3.8) is 0 Å². The lowest BCUT2D eigenvalue weighted by atomic mass is 9.85. The van der Waals surface area contributed by atoms with Crippen molar-refractivity contribution in [3.05, 3.63) is 35.5 Å². The average molecular weight is 338 g/mol. The van der Waals surface area contributed by atoms with Crippen LogP contribution in [-0.2, 0) is 6.42 Å². The normalized spacial score (nSPS) is 31.0. The third-order valence-electron chi connectivity index (χ3n) is 7.21. The van der Waals surface area contributed by atoms with Gasteiger partial charge in [0.25, 0.3) is 0 Å². The number of nitrogens with one attached hydrogen (secondary N) is 1. The van der Waals surface area contributed by atoms with Crippen LogP contribution >= 0.6 is 0 Å². The van der Waals surface area contributed by atoms with Gasteiger partial charge in [0.1, 0.15) is 0 Å². The van der Waals surface area contributed by atoms with Crippen LogP contribution in [0.5, 0.6) is 0 Å². The number of rotatable bonds is 3. The van der Waals surface area contributed by atoms with E-state index in [2.05, 4.69) is 46.2 Å². The Morgan fingerprint density at radius 2 is 2.00 bits per heavy atom. The number of hydrogen-bond donors (Lipinski definition) is 1. The molecule has 1 N–H and O–H groups in total. The van der Waals surface area contributed by atoms with Gasteiger partial charge >= 0.3 is 0 Å². The van der Waals surface area contributed by atoms with E-state index in [4.69, 9.17) is 0 Å². The number of aromatic amines is 1. The van der Waals surface area contributed by atoms with Gasteiger partial charge in [-0.25, -0.2) is 0 Å². The molecule has 4 heterocycles. The van der Waals surface area contributed by atoms with Crippen molar-refractivity contribution in [1.82, 2.24) is 14.8 Å². The van der Waals surface area contributed by atoms with Crippen molar-refractivity contribution in [3.8, 4) is 0 Å². The first-order chi connectivity index (χ1) is 12.3. The number of likely N-dealkylation sites (N-methyl/N-ethyl adjacent to an activating group) is 1. The SMILES string of the molecule is CN1CCCC1Cc1c[nH]c2ccc(C3CCN4CCCC4C3)cc12.